The van der Waals surface area contributed by atoms with Crippen LogP contribution in [0.4, 0.5) is 11.4 Å². The number of nitrogens with zero attached hydrogens (tertiary/aromatic N) is 1. The Morgan fingerprint density at radius 3 is 2.65 bits per heavy atom. The van der Waals surface area contributed by atoms with Crippen molar-refractivity contribution in [3.05, 3.63) is 59.2 Å². The van der Waals surface area contributed by atoms with Crippen molar-refractivity contribution in [1.82, 2.24) is 0 Å². The van der Waals surface area contributed by atoms with Gasteiger partial charge in [-0.1, -0.05) is 43.7 Å². The minimum atomic E-state index is -0.0835. The van der Waals surface area contributed by atoms with Crippen LogP contribution in [-0.2, 0) is 9.59 Å². The van der Waals surface area contributed by atoms with E-state index in [0.29, 0.717) is 5.75 Å². The molecule has 2 amide bonds. The number of nitrogens with one attached hydrogen (secondary N) is 1. The first-order valence-electron chi connectivity index (χ1n) is 8.78. The summed E-state index contributed by atoms with van der Waals surface area (Å²) in [5, 5.41) is 2.85. The Kier molecular flexibility index (Phi) is 5.37. The highest BCUT2D eigenvalue weighted by Gasteiger charge is 2.34. The highest BCUT2D eigenvalue weighted by Crippen LogP contribution is 2.43. The molecule has 4 nitrogen and oxygen atoms in total. The van der Waals surface area contributed by atoms with Crippen LogP contribution < -0.4 is 10.2 Å². The summed E-state index contributed by atoms with van der Waals surface area (Å²) in [4.78, 5) is 26.4. The van der Waals surface area contributed by atoms with Gasteiger partial charge >= 0.3 is 0 Å². The fourth-order valence-electron chi connectivity index (χ4n) is 3.06. The minimum Gasteiger partial charge on any atom is -0.326 e. The molecule has 3 rings (SSSR count). The molecule has 1 heterocycles. The van der Waals surface area contributed by atoms with Gasteiger partial charge in [0, 0.05) is 17.3 Å². The topological polar surface area (TPSA) is 49.4 Å². The molecule has 0 aromatic heterocycles. The highest BCUT2D eigenvalue weighted by atomic mass is 32.2. The van der Waals surface area contributed by atoms with Gasteiger partial charge in [-0.3, -0.25) is 14.5 Å². The minimum absolute atomic E-state index is 0.0106. The standard InChI is InChI=1S/C21H24N2O2S/c1-13(2)20(25)22-17-7-5-6-16(11-17)21-23(19(24)12-26-21)18-9-8-14(3)10-15(18)4/h5-11,13,21H,12H2,1-4H3,(H,22,25)/t21-/m1/s1. The van der Waals surface area contributed by atoms with E-state index in [2.05, 4.69) is 18.3 Å². The number of amides is 2. The molecule has 5 heteroatoms. The lowest BCUT2D eigenvalue weighted by atomic mass is 10.1. The number of carbonyl (C=O) groups excluding carboxylic acids is 2. The number of carbonyl (C=O) groups is 2. The number of hydrogen-bond donors (Lipinski definition) is 1. The third-order valence-electron chi connectivity index (χ3n) is 4.44. The summed E-state index contributed by atoms with van der Waals surface area (Å²) in [7, 11) is 0. The van der Waals surface area contributed by atoms with Crippen LogP contribution >= 0.6 is 11.8 Å². The van der Waals surface area contributed by atoms with Crippen molar-refractivity contribution >= 4 is 35.0 Å². The van der Waals surface area contributed by atoms with Crippen molar-refractivity contribution in [1.29, 1.82) is 0 Å². The van der Waals surface area contributed by atoms with Crippen LogP contribution in [0.15, 0.2) is 42.5 Å². The summed E-state index contributed by atoms with van der Waals surface area (Å²) < 4.78 is 0. The molecule has 0 unspecified atom stereocenters. The molecule has 0 bridgehead atoms. The smallest absolute Gasteiger partial charge is 0.238 e. The summed E-state index contributed by atoms with van der Waals surface area (Å²) in [6.45, 7) is 7.82. The third-order valence-corrected chi connectivity index (χ3v) is 5.66. The summed E-state index contributed by atoms with van der Waals surface area (Å²) in [5.74, 6) is 0.487. The molecule has 136 valence electrons. The van der Waals surface area contributed by atoms with E-state index in [4.69, 9.17) is 0 Å². The largest absolute Gasteiger partial charge is 0.326 e. The number of benzene rings is 2. The van der Waals surface area contributed by atoms with Gasteiger partial charge in [0.05, 0.1) is 5.75 Å². The van der Waals surface area contributed by atoms with Gasteiger partial charge in [-0.15, -0.1) is 11.8 Å². The highest BCUT2D eigenvalue weighted by molar-refractivity contribution is 8.00. The van der Waals surface area contributed by atoms with Gasteiger partial charge in [0.2, 0.25) is 11.8 Å². The molecule has 1 aliphatic heterocycles. The average Bonchev–Trinajstić information content (AvgIpc) is 2.96. The lowest BCUT2D eigenvalue weighted by molar-refractivity contribution is -0.119. The van der Waals surface area contributed by atoms with Gasteiger partial charge in [-0.2, -0.15) is 0 Å². The van der Waals surface area contributed by atoms with Crippen molar-refractivity contribution < 1.29 is 9.59 Å². The number of anilines is 2. The van der Waals surface area contributed by atoms with E-state index in [-0.39, 0.29) is 23.1 Å². The Balaban J connectivity index is 1.92. The second kappa shape index (κ2) is 7.54. The zero-order valence-corrected chi connectivity index (χ0v) is 16.4. The average molecular weight is 369 g/mol. The predicted molar refractivity (Wildman–Crippen MR) is 109 cm³/mol. The van der Waals surface area contributed by atoms with Crippen LogP contribution in [0.2, 0.25) is 0 Å². The van der Waals surface area contributed by atoms with Gasteiger partial charge in [0.15, 0.2) is 0 Å². The normalized spacial score (nSPS) is 17.0. The van der Waals surface area contributed by atoms with Gasteiger partial charge in [0.1, 0.15) is 5.37 Å². The zero-order chi connectivity index (χ0) is 18.8. The monoisotopic (exact) mass is 368 g/mol. The summed E-state index contributed by atoms with van der Waals surface area (Å²) >= 11 is 1.62. The number of aryl methyl sites for hydroxylation is 2. The molecule has 0 radical (unpaired) electrons. The van der Waals surface area contributed by atoms with E-state index in [0.717, 1.165) is 22.5 Å². The van der Waals surface area contributed by atoms with Crippen LogP contribution in [0.3, 0.4) is 0 Å². The number of hydrogen-bond acceptors (Lipinski definition) is 3. The Morgan fingerprint density at radius 2 is 1.96 bits per heavy atom. The van der Waals surface area contributed by atoms with Crippen LogP contribution in [0.1, 0.15) is 35.9 Å². The quantitative estimate of drug-likeness (QED) is 0.853. The fraction of sp³-hybridized carbons (Fsp3) is 0.333. The molecule has 2 aromatic rings. The maximum absolute atomic E-state index is 12.6. The lowest BCUT2D eigenvalue weighted by Gasteiger charge is -2.26. The van der Waals surface area contributed by atoms with Crippen molar-refractivity contribution in [2.24, 2.45) is 5.92 Å². The van der Waals surface area contributed by atoms with E-state index >= 15 is 0 Å². The Hall–Kier alpha value is -2.27. The molecule has 1 atom stereocenters. The summed E-state index contributed by atoms with van der Waals surface area (Å²) in [6, 6.07) is 13.9. The molecule has 2 aromatic carbocycles. The summed E-state index contributed by atoms with van der Waals surface area (Å²) in [5.41, 5.74) is 5.01. The molecule has 1 N–H and O–H groups in total. The van der Waals surface area contributed by atoms with E-state index in [9.17, 15) is 9.59 Å². The van der Waals surface area contributed by atoms with Crippen molar-refractivity contribution in [3.63, 3.8) is 0 Å². The molecular formula is C21H24N2O2S. The van der Waals surface area contributed by atoms with E-state index in [1.54, 1.807) is 11.8 Å². The first-order valence-corrected chi connectivity index (χ1v) is 9.83. The fourth-order valence-corrected chi connectivity index (χ4v) is 4.22. The second-order valence-corrected chi connectivity index (χ2v) is 8.05. The van der Waals surface area contributed by atoms with Gasteiger partial charge in [-0.25, -0.2) is 0 Å². The molecule has 1 saturated heterocycles. The summed E-state index contributed by atoms with van der Waals surface area (Å²) in [6.07, 6.45) is 0. The van der Waals surface area contributed by atoms with Crippen molar-refractivity contribution in [2.45, 2.75) is 33.1 Å². The van der Waals surface area contributed by atoms with Crippen LogP contribution in [-0.4, -0.2) is 17.6 Å². The molecule has 1 fully saturated rings. The Morgan fingerprint density at radius 1 is 1.19 bits per heavy atom. The predicted octanol–water partition coefficient (Wildman–Crippen LogP) is 4.68. The molecule has 0 saturated carbocycles. The van der Waals surface area contributed by atoms with Crippen molar-refractivity contribution in [3.8, 4) is 0 Å². The van der Waals surface area contributed by atoms with E-state index < -0.39 is 0 Å². The van der Waals surface area contributed by atoms with Gasteiger partial charge in [0.25, 0.3) is 0 Å². The first-order chi connectivity index (χ1) is 12.4. The van der Waals surface area contributed by atoms with Crippen molar-refractivity contribution in [2.75, 3.05) is 16.0 Å². The molecule has 1 aliphatic rings. The lowest BCUT2D eigenvalue weighted by Crippen LogP contribution is -2.28. The van der Waals surface area contributed by atoms with Crippen LogP contribution in [0, 0.1) is 19.8 Å². The van der Waals surface area contributed by atoms with E-state index in [1.165, 1.54) is 5.56 Å². The molecular weight excluding hydrogens is 344 g/mol. The second-order valence-electron chi connectivity index (χ2n) is 6.99. The van der Waals surface area contributed by atoms with Crippen LogP contribution in [0.5, 0.6) is 0 Å². The number of thioether (sulfide) groups is 1. The molecule has 26 heavy (non-hydrogen) atoms. The molecule has 0 aliphatic carbocycles. The Bertz CT molecular complexity index is 848. The maximum atomic E-state index is 12.6. The van der Waals surface area contributed by atoms with Gasteiger partial charge in [-0.05, 0) is 43.2 Å². The van der Waals surface area contributed by atoms with E-state index in [1.807, 2.05) is 62.1 Å². The third kappa shape index (κ3) is 3.78. The first kappa shape index (κ1) is 18.5. The number of rotatable bonds is 4. The SMILES string of the molecule is Cc1ccc(N2C(=O)CS[C@@H]2c2cccc(NC(=O)C(C)C)c2)c(C)c1. The van der Waals surface area contributed by atoms with Gasteiger partial charge < -0.3 is 5.32 Å². The van der Waals surface area contributed by atoms with Crippen LogP contribution in [0.25, 0.3) is 0 Å². The maximum Gasteiger partial charge on any atom is 0.238 e. The molecule has 0 spiro atoms. The zero-order valence-electron chi connectivity index (χ0n) is 15.6. The Labute approximate surface area is 159 Å².